The van der Waals surface area contributed by atoms with E-state index in [4.69, 9.17) is 0 Å². The molecule has 2 aliphatic heterocycles. The van der Waals surface area contributed by atoms with Crippen LogP contribution in [0.5, 0.6) is 0 Å². The molecule has 2 unspecified atom stereocenters. The molecule has 0 radical (unpaired) electrons. The summed E-state index contributed by atoms with van der Waals surface area (Å²) < 4.78 is 24.2. The predicted molar refractivity (Wildman–Crippen MR) is 97.2 cm³/mol. The van der Waals surface area contributed by atoms with Crippen LogP contribution in [0.1, 0.15) is 18.4 Å². The van der Waals surface area contributed by atoms with Crippen molar-refractivity contribution in [1.29, 1.82) is 0 Å². The molecule has 1 aromatic carbocycles. The van der Waals surface area contributed by atoms with E-state index in [0.717, 1.165) is 42.4 Å². The molecule has 6 nitrogen and oxygen atoms in total. The van der Waals surface area contributed by atoms with Crippen LogP contribution in [-0.4, -0.2) is 60.9 Å². The molecule has 2 fully saturated rings. The Hall–Kier alpha value is -1.86. The first-order chi connectivity index (χ1) is 12.0. The zero-order chi connectivity index (χ0) is 17.4. The number of amides is 1. The maximum atomic E-state index is 12.5. The number of likely N-dealkylation sites (tertiary alicyclic amines) is 1. The number of nitrogens with one attached hydrogen (secondary N) is 2. The SMILES string of the molecule is O=C(Cc1c[nH]c2ccccc12)NC1CS(=O)(=O)CC1N1CCCC1. The van der Waals surface area contributed by atoms with E-state index in [1.165, 1.54) is 0 Å². The molecule has 0 aliphatic carbocycles. The molecule has 1 amide bonds. The average molecular weight is 361 g/mol. The standard InChI is InChI=1S/C18H23N3O3S/c22-18(9-13-10-19-15-6-2-1-5-14(13)15)20-16-11-25(23,24)12-17(16)21-7-3-4-8-21/h1-2,5-6,10,16-17,19H,3-4,7-9,11-12H2,(H,20,22). The third-order valence-corrected chi connectivity index (χ3v) is 7.02. The molecular weight excluding hydrogens is 338 g/mol. The summed E-state index contributed by atoms with van der Waals surface area (Å²) >= 11 is 0. The van der Waals surface area contributed by atoms with E-state index in [2.05, 4.69) is 15.2 Å². The van der Waals surface area contributed by atoms with Crippen molar-refractivity contribution in [1.82, 2.24) is 15.2 Å². The van der Waals surface area contributed by atoms with Crippen LogP contribution in [0, 0.1) is 0 Å². The molecule has 0 saturated carbocycles. The number of aromatic amines is 1. The highest BCUT2D eigenvalue weighted by molar-refractivity contribution is 7.91. The summed E-state index contributed by atoms with van der Waals surface area (Å²) in [6.07, 6.45) is 4.32. The third-order valence-electron chi connectivity index (χ3n) is 5.30. The number of sulfone groups is 1. The molecule has 0 bridgehead atoms. The minimum absolute atomic E-state index is 0.0494. The molecule has 134 valence electrons. The van der Waals surface area contributed by atoms with E-state index in [1.807, 2.05) is 30.5 Å². The Morgan fingerprint density at radius 2 is 1.96 bits per heavy atom. The lowest BCUT2D eigenvalue weighted by atomic mass is 10.1. The summed E-state index contributed by atoms with van der Waals surface area (Å²) in [5.74, 6) is 0.0924. The number of nitrogens with zero attached hydrogens (tertiary/aromatic N) is 1. The van der Waals surface area contributed by atoms with Gasteiger partial charge in [-0.1, -0.05) is 18.2 Å². The van der Waals surface area contributed by atoms with Crippen LogP contribution in [0.3, 0.4) is 0 Å². The lowest BCUT2D eigenvalue weighted by Gasteiger charge is -2.28. The van der Waals surface area contributed by atoms with E-state index in [-0.39, 0.29) is 35.9 Å². The summed E-state index contributed by atoms with van der Waals surface area (Å²) in [7, 11) is -3.09. The molecular formula is C18H23N3O3S. The van der Waals surface area contributed by atoms with Gasteiger partial charge in [-0.3, -0.25) is 9.69 Å². The zero-order valence-corrected chi connectivity index (χ0v) is 14.9. The zero-order valence-electron chi connectivity index (χ0n) is 14.1. The monoisotopic (exact) mass is 361 g/mol. The number of fused-ring (bicyclic) bond motifs is 1. The molecule has 4 rings (SSSR count). The highest BCUT2D eigenvalue weighted by Gasteiger charge is 2.42. The van der Waals surface area contributed by atoms with Gasteiger partial charge >= 0.3 is 0 Å². The summed E-state index contributed by atoms with van der Waals surface area (Å²) in [4.78, 5) is 17.9. The summed E-state index contributed by atoms with van der Waals surface area (Å²) in [6.45, 7) is 1.85. The Morgan fingerprint density at radius 3 is 2.76 bits per heavy atom. The van der Waals surface area contributed by atoms with Crippen LogP contribution in [0.2, 0.25) is 0 Å². The number of aromatic nitrogens is 1. The second kappa shape index (κ2) is 6.46. The van der Waals surface area contributed by atoms with Gasteiger partial charge in [-0.15, -0.1) is 0 Å². The molecule has 2 aromatic rings. The topological polar surface area (TPSA) is 82.3 Å². The maximum absolute atomic E-state index is 12.5. The van der Waals surface area contributed by atoms with Crippen LogP contribution in [-0.2, 0) is 21.1 Å². The Balaban J connectivity index is 1.47. The first kappa shape index (κ1) is 16.6. The minimum Gasteiger partial charge on any atom is -0.361 e. The van der Waals surface area contributed by atoms with Gasteiger partial charge < -0.3 is 10.3 Å². The maximum Gasteiger partial charge on any atom is 0.224 e. The number of para-hydroxylation sites is 1. The molecule has 2 aliphatic rings. The van der Waals surface area contributed by atoms with Crippen molar-refractivity contribution in [2.75, 3.05) is 24.6 Å². The molecule has 3 heterocycles. The predicted octanol–water partition coefficient (Wildman–Crippen LogP) is 1.09. The van der Waals surface area contributed by atoms with E-state index < -0.39 is 9.84 Å². The number of H-pyrrole nitrogens is 1. The fourth-order valence-corrected chi connectivity index (χ4v) is 6.06. The fourth-order valence-electron chi connectivity index (χ4n) is 4.11. The average Bonchev–Trinajstić information content (AvgIpc) is 3.27. The minimum atomic E-state index is -3.09. The van der Waals surface area contributed by atoms with Gasteiger partial charge in [0.25, 0.3) is 0 Å². The van der Waals surface area contributed by atoms with Gasteiger partial charge in [0.15, 0.2) is 9.84 Å². The first-order valence-electron chi connectivity index (χ1n) is 8.81. The summed E-state index contributed by atoms with van der Waals surface area (Å²) in [5.41, 5.74) is 1.94. The molecule has 1 aromatic heterocycles. The molecule has 7 heteroatoms. The quantitative estimate of drug-likeness (QED) is 0.854. The van der Waals surface area contributed by atoms with Crippen LogP contribution in [0.25, 0.3) is 10.9 Å². The van der Waals surface area contributed by atoms with Gasteiger partial charge in [0.2, 0.25) is 5.91 Å². The van der Waals surface area contributed by atoms with E-state index in [0.29, 0.717) is 0 Å². The molecule has 25 heavy (non-hydrogen) atoms. The second-order valence-electron chi connectivity index (χ2n) is 7.10. The van der Waals surface area contributed by atoms with E-state index in [1.54, 1.807) is 0 Å². The largest absolute Gasteiger partial charge is 0.361 e. The lowest BCUT2D eigenvalue weighted by Crippen LogP contribution is -2.50. The molecule has 2 saturated heterocycles. The van der Waals surface area contributed by atoms with Crippen molar-refractivity contribution >= 4 is 26.6 Å². The van der Waals surface area contributed by atoms with Gasteiger partial charge in [0.1, 0.15) is 0 Å². The van der Waals surface area contributed by atoms with Gasteiger partial charge in [-0.25, -0.2) is 8.42 Å². The Bertz CT molecular complexity index is 884. The number of hydrogen-bond donors (Lipinski definition) is 2. The number of benzene rings is 1. The first-order valence-corrected chi connectivity index (χ1v) is 10.6. The summed E-state index contributed by atoms with van der Waals surface area (Å²) in [5, 5.41) is 4.03. The van der Waals surface area contributed by atoms with Gasteiger partial charge in [0, 0.05) is 23.1 Å². The summed E-state index contributed by atoms with van der Waals surface area (Å²) in [6, 6.07) is 7.47. The molecule has 2 atom stereocenters. The lowest BCUT2D eigenvalue weighted by molar-refractivity contribution is -0.121. The highest BCUT2D eigenvalue weighted by Crippen LogP contribution is 2.23. The van der Waals surface area contributed by atoms with Gasteiger partial charge in [-0.05, 0) is 37.6 Å². The smallest absolute Gasteiger partial charge is 0.224 e. The number of hydrogen-bond acceptors (Lipinski definition) is 4. The highest BCUT2D eigenvalue weighted by atomic mass is 32.2. The van der Waals surface area contributed by atoms with Crippen LogP contribution < -0.4 is 5.32 Å². The van der Waals surface area contributed by atoms with Crippen LogP contribution in [0.4, 0.5) is 0 Å². The Kier molecular flexibility index (Phi) is 4.29. The van der Waals surface area contributed by atoms with Gasteiger partial charge in [0.05, 0.1) is 24.0 Å². The number of carbonyl (C=O) groups excluding carboxylic acids is 1. The second-order valence-corrected chi connectivity index (χ2v) is 9.25. The number of carbonyl (C=O) groups is 1. The molecule has 2 N–H and O–H groups in total. The van der Waals surface area contributed by atoms with Crippen LogP contribution >= 0.6 is 0 Å². The van der Waals surface area contributed by atoms with Crippen molar-refractivity contribution in [2.24, 2.45) is 0 Å². The van der Waals surface area contributed by atoms with E-state index in [9.17, 15) is 13.2 Å². The van der Waals surface area contributed by atoms with Crippen LogP contribution in [0.15, 0.2) is 30.5 Å². The molecule has 0 spiro atoms. The van der Waals surface area contributed by atoms with Gasteiger partial charge in [-0.2, -0.15) is 0 Å². The Morgan fingerprint density at radius 1 is 1.20 bits per heavy atom. The third kappa shape index (κ3) is 3.43. The van der Waals surface area contributed by atoms with Crippen molar-refractivity contribution < 1.29 is 13.2 Å². The van der Waals surface area contributed by atoms with Crippen molar-refractivity contribution in [3.63, 3.8) is 0 Å². The fraction of sp³-hybridized carbons (Fsp3) is 0.500. The van der Waals surface area contributed by atoms with Crippen molar-refractivity contribution in [2.45, 2.75) is 31.3 Å². The van der Waals surface area contributed by atoms with Crippen molar-refractivity contribution in [3.05, 3.63) is 36.0 Å². The number of rotatable bonds is 4. The van der Waals surface area contributed by atoms with Crippen molar-refractivity contribution in [3.8, 4) is 0 Å². The Labute approximate surface area is 147 Å². The van der Waals surface area contributed by atoms with E-state index >= 15 is 0 Å². The normalized spacial score (nSPS) is 26.2.